The molecule has 12 aromatic heterocycles. The summed E-state index contributed by atoms with van der Waals surface area (Å²) in [6.07, 6.45) is 23.1. The Kier molecular flexibility index (Phi) is 19.9. The van der Waals surface area contributed by atoms with Crippen molar-refractivity contribution in [1.82, 2.24) is 93.9 Å². The number of phosphoric ester groups is 2. The molecule has 542 valence electrons. The minimum absolute atomic E-state index is 0.0698. The fraction of sp³-hybridized carbons (Fsp3) is 0.308. The largest absolute Gasteiger partial charge is 0.471 e. The summed E-state index contributed by atoms with van der Waals surface area (Å²) in [4.78, 5) is 108. The molecular weight excluding hydrogens is 1460 g/mol. The van der Waals surface area contributed by atoms with Gasteiger partial charge in [-0.1, -0.05) is 18.2 Å². The van der Waals surface area contributed by atoms with E-state index in [0.717, 1.165) is 29.5 Å². The van der Waals surface area contributed by atoms with Crippen LogP contribution >= 0.6 is 49.7 Å². The molecule has 15 rings (SSSR count). The minimum atomic E-state index is -4.75. The third-order valence-corrected chi connectivity index (χ3v) is 21.7. The van der Waals surface area contributed by atoms with E-state index in [2.05, 4.69) is 84.3 Å². The zero-order chi connectivity index (χ0) is 72.8. The Labute approximate surface area is 608 Å². The van der Waals surface area contributed by atoms with Gasteiger partial charge in [0.15, 0.2) is 13.5 Å². The number of anilines is 3. The Bertz CT molecular complexity index is 5200. The second-order valence-electron chi connectivity index (χ2n) is 25.6. The monoisotopic (exact) mass is 1520 g/mol. The molecule has 105 heavy (non-hydrogen) atoms. The first-order valence-electron chi connectivity index (χ1n) is 32.9. The van der Waals surface area contributed by atoms with E-state index in [0.29, 0.717) is 109 Å². The summed E-state index contributed by atoms with van der Waals surface area (Å²) >= 11 is 3.73. The van der Waals surface area contributed by atoms with Crippen molar-refractivity contribution in [2.75, 3.05) is 30.0 Å². The maximum atomic E-state index is 14.1. The van der Waals surface area contributed by atoms with Gasteiger partial charge in [-0.05, 0) is 102 Å². The quantitative estimate of drug-likeness (QED) is 0.0211. The lowest BCUT2D eigenvalue weighted by atomic mass is 9.86. The van der Waals surface area contributed by atoms with Crippen LogP contribution in [0.5, 0.6) is 0 Å². The predicted octanol–water partition coefficient (Wildman–Crippen LogP) is 10.1. The van der Waals surface area contributed by atoms with Gasteiger partial charge < -0.3 is 49.9 Å². The van der Waals surface area contributed by atoms with E-state index < -0.39 is 40.9 Å². The van der Waals surface area contributed by atoms with E-state index in [1.807, 2.05) is 64.4 Å². The Hall–Kier alpha value is -9.89. The first-order chi connectivity index (χ1) is 50.5. The average Bonchev–Trinajstić information content (AvgIpc) is 1.67. The van der Waals surface area contributed by atoms with Gasteiger partial charge in [0.05, 0.1) is 95.3 Å². The van der Waals surface area contributed by atoms with Crippen molar-refractivity contribution in [2.24, 2.45) is 0 Å². The summed E-state index contributed by atoms with van der Waals surface area (Å²) in [6.45, 7) is 2.94. The topological polar surface area (TPSA) is 438 Å². The van der Waals surface area contributed by atoms with E-state index in [9.17, 15) is 33.3 Å². The SMILES string of the molecule is CC(OC1CC(n2cc(NC(=O)c3csc(-c4cnn(COP(=O)(O)O)c4)n3)c(-c3ccccn3)n2)C1)c1ccc(-c2nn(C3CC(OC(C)c4ccc(-c5nn(C6CC(N(C)C)C6)cc5NC(=O)c5csc(-c6cn[nH]c6)n5)nc4)C3)cc2NC(=O)c2csc(-c3cnn(COP(=O)(O)O)c3)n2)nc1. The summed E-state index contributed by atoms with van der Waals surface area (Å²) in [5, 5.41) is 45.4. The zero-order valence-corrected chi connectivity index (χ0v) is 60.3. The molecule has 8 N–H and O–H groups in total. The van der Waals surface area contributed by atoms with Crippen LogP contribution in [0.25, 0.3) is 65.9 Å². The summed E-state index contributed by atoms with van der Waals surface area (Å²) in [7, 11) is -5.33. The second-order valence-corrected chi connectivity index (χ2v) is 30.6. The molecule has 2 unspecified atom stereocenters. The standard InChI is InChI=1S/C65H66N22O13P2S3/c1-35(37-8-10-49(67-19-37)58-52(27-85(80-58)43-13-42(14-43)82(3)4)74-60(88)54-30-103-63(76-54)39-21-69-70-22-39)100-47-17-45(18-47)87-29-53(75-62(90)56-32-105-65(78-56)41-24-72-84(26-41)34-98-102(94,95)96)59(81-87)50-11-9-38(20-68-50)36(2)99-46-15-44(16-46)86-28-51(57(79-86)48-7-5-6-12-66-48)73-61(89)55-31-104-64(77-55)40-23-71-83(25-40)33-97-101(91,92)93/h5-12,19-32,35-36,42-47H,13-18,33-34H2,1-4H3,(H,69,70)(H,73,89)(H,74,88)(H,75,90)(H2,91,92,93)(H2,94,95,96). The van der Waals surface area contributed by atoms with Gasteiger partial charge in [0.2, 0.25) is 0 Å². The van der Waals surface area contributed by atoms with E-state index in [1.54, 1.807) is 71.7 Å². The van der Waals surface area contributed by atoms with Crippen LogP contribution in [0.4, 0.5) is 17.1 Å². The van der Waals surface area contributed by atoms with Gasteiger partial charge in [0.25, 0.3) is 17.7 Å². The smallest absolute Gasteiger partial charge is 0.370 e. The number of rotatable bonds is 28. The maximum absolute atomic E-state index is 14.1. The molecule has 3 aliphatic rings. The lowest BCUT2D eigenvalue weighted by Gasteiger charge is -2.39. The van der Waals surface area contributed by atoms with Crippen LogP contribution in [0, 0.1) is 0 Å². The van der Waals surface area contributed by atoms with Crippen molar-refractivity contribution in [3.05, 3.63) is 161 Å². The Morgan fingerprint density at radius 1 is 0.552 bits per heavy atom. The Balaban J connectivity index is 0.603. The van der Waals surface area contributed by atoms with Crippen molar-refractivity contribution in [3.63, 3.8) is 0 Å². The van der Waals surface area contributed by atoms with Crippen LogP contribution < -0.4 is 16.0 Å². The first kappa shape index (κ1) is 70.8. The number of thiazole rings is 3. The minimum Gasteiger partial charge on any atom is -0.370 e. The highest BCUT2D eigenvalue weighted by atomic mass is 32.1. The molecule has 0 radical (unpaired) electrons. The number of aromatic nitrogens is 18. The fourth-order valence-electron chi connectivity index (χ4n) is 12.1. The Morgan fingerprint density at radius 3 is 1.34 bits per heavy atom. The number of pyridine rings is 3. The molecule has 0 saturated heterocycles. The number of carbonyl (C=O) groups is 3. The van der Waals surface area contributed by atoms with Crippen molar-refractivity contribution >= 4 is 84.4 Å². The molecule has 40 heteroatoms. The third kappa shape index (κ3) is 16.2. The number of ether oxygens (including phenoxy) is 2. The molecule has 12 aromatic rings. The summed E-state index contributed by atoms with van der Waals surface area (Å²) in [6, 6.07) is 13.4. The van der Waals surface area contributed by atoms with Crippen LogP contribution in [0.2, 0.25) is 0 Å². The molecule has 12 heterocycles. The van der Waals surface area contributed by atoms with Gasteiger partial charge in [-0.15, -0.1) is 34.0 Å². The molecule has 0 spiro atoms. The van der Waals surface area contributed by atoms with Gasteiger partial charge in [-0.2, -0.15) is 30.6 Å². The summed E-state index contributed by atoms with van der Waals surface area (Å²) in [5.74, 6) is -1.38. The zero-order valence-electron chi connectivity index (χ0n) is 56.1. The maximum Gasteiger partial charge on any atom is 0.471 e. The van der Waals surface area contributed by atoms with Crippen LogP contribution in [0.1, 0.15) is 125 Å². The summed E-state index contributed by atoms with van der Waals surface area (Å²) in [5.41, 5.74) is 8.29. The highest BCUT2D eigenvalue weighted by molar-refractivity contribution is 7.46. The fourth-order valence-corrected chi connectivity index (χ4v) is 15.0. The second kappa shape index (κ2) is 29.6. The Morgan fingerprint density at radius 2 is 0.971 bits per heavy atom. The van der Waals surface area contributed by atoms with Gasteiger partial charge in [-0.25, -0.2) is 33.4 Å². The highest BCUT2D eigenvalue weighted by Gasteiger charge is 2.38. The van der Waals surface area contributed by atoms with Gasteiger partial charge in [-0.3, -0.25) is 57.5 Å². The first-order valence-corrected chi connectivity index (χ1v) is 38.6. The van der Waals surface area contributed by atoms with Crippen molar-refractivity contribution in [1.29, 1.82) is 0 Å². The number of aromatic amines is 1. The molecular formula is C65H66N22O13P2S3. The van der Waals surface area contributed by atoms with Gasteiger partial charge >= 0.3 is 15.6 Å². The number of hydrogen-bond donors (Lipinski definition) is 8. The van der Waals surface area contributed by atoms with Crippen LogP contribution in [0.3, 0.4) is 0 Å². The van der Waals surface area contributed by atoms with E-state index >= 15 is 0 Å². The van der Waals surface area contributed by atoms with Crippen LogP contribution in [-0.4, -0.2) is 164 Å². The number of H-pyrrole nitrogens is 1. The van der Waals surface area contributed by atoms with Crippen LogP contribution in [0.15, 0.2) is 133 Å². The molecule has 0 aliphatic heterocycles. The molecule has 3 aliphatic carbocycles. The van der Waals surface area contributed by atoms with E-state index in [-0.39, 0.29) is 65.5 Å². The highest BCUT2D eigenvalue weighted by Crippen LogP contribution is 2.44. The number of nitrogens with zero attached hydrogens (tertiary/aromatic N) is 18. The number of phosphoric acid groups is 2. The molecule has 0 bridgehead atoms. The van der Waals surface area contributed by atoms with Gasteiger partial charge in [0.1, 0.15) is 49.2 Å². The summed E-state index contributed by atoms with van der Waals surface area (Å²) < 4.78 is 52.8. The normalized spacial score (nSPS) is 18.7. The van der Waals surface area contributed by atoms with E-state index in [4.69, 9.17) is 44.5 Å². The van der Waals surface area contributed by atoms with Crippen molar-refractivity contribution in [2.45, 2.75) is 114 Å². The molecule has 3 saturated carbocycles. The number of carbonyl (C=O) groups excluding carboxylic acids is 3. The molecule has 35 nitrogen and oxygen atoms in total. The van der Waals surface area contributed by atoms with Crippen molar-refractivity contribution < 1.29 is 61.6 Å². The van der Waals surface area contributed by atoms with E-state index in [1.165, 1.54) is 68.2 Å². The van der Waals surface area contributed by atoms with Crippen molar-refractivity contribution in [3.8, 4) is 65.9 Å². The molecule has 0 aromatic carbocycles. The van der Waals surface area contributed by atoms with Gasteiger partial charge in [0, 0.05) is 94.6 Å². The number of hydrogen-bond acceptors (Lipinski definition) is 25. The number of nitrogens with one attached hydrogen (secondary N) is 4. The number of amides is 3. The molecule has 2 atom stereocenters. The predicted molar refractivity (Wildman–Crippen MR) is 382 cm³/mol. The third-order valence-electron chi connectivity index (χ3n) is 18.2. The lowest BCUT2D eigenvalue weighted by Crippen LogP contribution is -2.41. The molecule has 3 amide bonds. The molecule has 3 fully saturated rings. The lowest BCUT2D eigenvalue weighted by molar-refractivity contribution is -0.0688. The average molecular weight is 1520 g/mol. The van der Waals surface area contributed by atoms with Crippen LogP contribution in [-0.2, 0) is 41.1 Å².